The molecule has 1 amide bonds. The Morgan fingerprint density at radius 2 is 2.00 bits per heavy atom. The standard InChI is InChI=1S/C22H28Cl2N4OS/c1-15-11-18(30-26-15)14-21(29)25-17-12-16(13-17)5-6-27-7-9-28(10-8-27)20-4-2-3-19(23)22(20)24/h2-4,11,16-17H,5-10,12-14H2,1H3,(H,25,29). The summed E-state index contributed by atoms with van der Waals surface area (Å²) in [6.45, 7) is 7.12. The van der Waals surface area contributed by atoms with Crippen molar-refractivity contribution in [3.63, 3.8) is 0 Å². The van der Waals surface area contributed by atoms with Crippen LogP contribution in [0.15, 0.2) is 24.3 Å². The summed E-state index contributed by atoms with van der Waals surface area (Å²) in [6.07, 6.45) is 3.86. The molecule has 1 aliphatic carbocycles. The Morgan fingerprint density at radius 1 is 1.23 bits per heavy atom. The summed E-state index contributed by atoms with van der Waals surface area (Å²) in [5, 5.41) is 4.44. The first-order chi connectivity index (χ1) is 14.5. The molecule has 0 radical (unpaired) electrons. The molecule has 2 heterocycles. The van der Waals surface area contributed by atoms with Crippen molar-refractivity contribution in [1.82, 2.24) is 14.6 Å². The fraction of sp³-hybridized carbons (Fsp3) is 0.545. The third-order valence-electron chi connectivity index (χ3n) is 6.11. The molecule has 8 heteroatoms. The second-order valence-electron chi connectivity index (χ2n) is 8.40. The topological polar surface area (TPSA) is 48.5 Å². The van der Waals surface area contributed by atoms with Crippen LogP contribution in [0.5, 0.6) is 0 Å². The average Bonchev–Trinajstić information content (AvgIpc) is 3.10. The lowest BCUT2D eigenvalue weighted by molar-refractivity contribution is -0.122. The monoisotopic (exact) mass is 466 g/mol. The smallest absolute Gasteiger partial charge is 0.225 e. The summed E-state index contributed by atoms with van der Waals surface area (Å²) in [7, 11) is 0. The van der Waals surface area contributed by atoms with Gasteiger partial charge in [-0.25, -0.2) is 0 Å². The van der Waals surface area contributed by atoms with Crippen molar-refractivity contribution in [1.29, 1.82) is 0 Å². The van der Waals surface area contributed by atoms with Crippen LogP contribution < -0.4 is 10.2 Å². The molecule has 1 aromatic heterocycles. The number of anilines is 1. The van der Waals surface area contributed by atoms with Gasteiger partial charge in [-0.05, 0) is 68.4 Å². The molecule has 2 aromatic rings. The van der Waals surface area contributed by atoms with Crippen molar-refractivity contribution in [3.05, 3.63) is 44.9 Å². The maximum atomic E-state index is 12.2. The molecule has 2 fully saturated rings. The SMILES string of the molecule is Cc1cc(CC(=O)NC2CC(CCN3CCN(c4cccc(Cl)c4Cl)CC3)C2)sn1. The van der Waals surface area contributed by atoms with Crippen molar-refractivity contribution < 1.29 is 4.79 Å². The van der Waals surface area contributed by atoms with Gasteiger partial charge in [0.05, 0.1) is 27.8 Å². The molecule has 1 aliphatic heterocycles. The zero-order valence-electron chi connectivity index (χ0n) is 17.2. The average molecular weight is 467 g/mol. The van der Waals surface area contributed by atoms with Gasteiger partial charge in [-0.2, -0.15) is 4.37 Å². The summed E-state index contributed by atoms with van der Waals surface area (Å²) in [5.41, 5.74) is 2.03. The highest BCUT2D eigenvalue weighted by Gasteiger charge is 2.30. The molecule has 4 rings (SSSR count). The molecule has 0 unspecified atom stereocenters. The van der Waals surface area contributed by atoms with Gasteiger partial charge in [-0.3, -0.25) is 9.69 Å². The Labute approximate surface area is 192 Å². The Hall–Kier alpha value is -1.34. The molecule has 30 heavy (non-hydrogen) atoms. The Bertz CT molecular complexity index is 876. The van der Waals surface area contributed by atoms with E-state index in [2.05, 4.69) is 19.5 Å². The molecular formula is C22H28Cl2N4OS. The summed E-state index contributed by atoms with van der Waals surface area (Å²) >= 11 is 13.9. The Balaban J connectivity index is 1.12. The van der Waals surface area contributed by atoms with E-state index in [9.17, 15) is 4.79 Å². The fourth-order valence-electron chi connectivity index (χ4n) is 4.34. The summed E-state index contributed by atoms with van der Waals surface area (Å²) in [5.74, 6) is 0.847. The third kappa shape index (κ3) is 5.47. The number of hydrogen-bond donors (Lipinski definition) is 1. The van der Waals surface area contributed by atoms with Gasteiger partial charge < -0.3 is 10.2 Å². The number of carbonyl (C=O) groups is 1. The van der Waals surface area contributed by atoms with E-state index >= 15 is 0 Å². The molecule has 5 nitrogen and oxygen atoms in total. The van der Waals surface area contributed by atoms with Crippen LogP contribution in [0.2, 0.25) is 10.0 Å². The highest BCUT2D eigenvalue weighted by Crippen LogP contribution is 2.33. The van der Waals surface area contributed by atoms with Crippen LogP contribution in [-0.2, 0) is 11.2 Å². The number of carbonyl (C=O) groups excluding carboxylic acids is 1. The first kappa shape index (κ1) is 21.9. The first-order valence-corrected chi connectivity index (χ1v) is 12.1. The van der Waals surface area contributed by atoms with Gasteiger partial charge in [0.15, 0.2) is 0 Å². The molecule has 2 aliphatic rings. The summed E-state index contributed by atoms with van der Waals surface area (Å²) in [6, 6.07) is 8.17. The van der Waals surface area contributed by atoms with Crippen molar-refractivity contribution in [2.45, 2.75) is 38.6 Å². The molecular weight excluding hydrogens is 439 g/mol. The number of nitrogens with zero attached hydrogens (tertiary/aromatic N) is 3. The lowest BCUT2D eigenvalue weighted by atomic mass is 9.78. The minimum absolute atomic E-state index is 0.123. The van der Waals surface area contributed by atoms with E-state index in [1.54, 1.807) is 0 Å². The quantitative estimate of drug-likeness (QED) is 0.656. The normalized spacial score (nSPS) is 22.0. The minimum atomic E-state index is 0.123. The van der Waals surface area contributed by atoms with Gasteiger partial charge in [-0.15, -0.1) is 0 Å². The lowest BCUT2D eigenvalue weighted by Crippen LogP contribution is -2.48. The van der Waals surface area contributed by atoms with Crippen molar-refractivity contribution in [2.75, 3.05) is 37.6 Å². The lowest BCUT2D eigenvalue weighted by Gasteiger charge is -2.40. The maximum Gasteiger partial charge on any atom is 0.225 e. The summed E-state index contributed by atoms with van der Waals surface area (Å²) < 4.78 is 4.24. The van der Waals surface area contributed by atoms with E-state index < -0.39 is 0 Å². The Kier molecular flexibility index (Phi) is 7.19. The molecule has 0 atom stereocenters. The molecule has 1 saturated heterocycles. The van der Waals surface area contributed by atoms with Crippen LogP contribution in [0.4, 0.5) is 5.69 Å². The molecule has 0 bridgehead atoms. The van der Waals surface area contributed by atoms with Gasteiger partial charge in [0.2, 0.25) is 5.91 Å². The van der Waals surface area contributed by atoms with Crippen molar-refractivity contribution >= 4 is 46.3 Å². The summed E-state index contributed by atoms with van der Waals surface area (Å²) in [4.78, 5) is 18.1. The highest BCUT2D eigenvalue weighted by molar-refractivity contribution is 7.05. The van der Waals surface area contributed by atoms with Gasteiger partial charge in [-0.1, -0.05) is 29.3 Å². The predicted molar refractivity (Wildman–Crippen MR) is 125 cm³/mol. The molecule has 162 valence electrons. The number of aromatic nitrogens is 1. The fourth-order valence-corrected chi connectivity index (χ4v) is 5.49. The molecule has 1 aromatic carbocycles. The first-order valence-electron chi connectivity index (χ1n) is 10.6. The number of piperazine rings is 1. The van der Waals surface area contributed by atoms with Crippen LogP contribution in [0, 0.1) is 12.8 Å². The number of nitrogens with one attached hydrogen (secondary N) is 1. The van der Waals surface area contributed by atoms with Crippen molar-refractivity contribution in [3.8, 4) is 0 Å². The molecule has 0 spiro atoms. The van der Waals surface area contributed by atoms with Gasteiger partial charge in [0.25, 0.3) is 0 Å². The number of rotatable bonds is 7. The van der Waals surface area contributed by atoms with Gasteiger partial charge >= 0.3 is 0 Å². The molecule has 1 N–H and O–H groups in total. The highest BCUT2D eigenvalue weighted by atomic mass is 35.5. The van der Waals surface area contributed by atoms with Crippen molar-refractivity contribution in [2.24, 2.45) is 5.92 Å². The predicted octanol–water partition coefficient (Wildman–Crippen LogP) is 4.41. The number of halogens is 2. The van der Waals surface area contributed by atoms with E-state index in [0.29, 0.717) is 22.5 Å². The number of amides is 1. The van der Waals surface area contributed by atoms with E-state index in [-0.39, 0.29) is 5.91 Å². The minimum Gasteiger partial charge on any atom is -0.368 e. The van der Waals surface area contributed by atoms with Crippen LogP contribution in [0.3, 0.4) is 0 Å². The van der Waals surface area contributed by atoms with Crippen LogP contribution in [0.1, 0.15) is 29.8 Å². The number of hydrogen-bond acceptors (Lipinski definition) is 5. The second kappa shape index (κ2) is 9.86. The van der Waals surface area contributed by atoms with Gasteiger partial charge in [0.1, 0.15) is 0 Å². The van der Waals surface area contributed by atoms with Gasteiger partial charge in [0, 0.05) is 37.1 Å². The van der Waals surface area contributed by atoms with Crippen LogP contribution in [-0.4, -0.2) is 53.9 Å². The maximum absolute atomic E-state index is 12.2. The second-order valence-corrected chi connectivity index (χ2v) is 10.1. The number of aryl methyl sites for hydroxylation is 1. The van der Waals surface area contributed by atoms with E-state index in [0.717, 1.165) is 67.7 Å². The van der Waals surface area contributed by atoms with E-state index in [1.165, 1.54) is 18.0 Å². The van der Waals surface area contributed by atoms with Crippen LogP contribution >= 0.6 is 34.7 Å². The van der Waals surface area contributed by atoms with E-state index in [4.69, 9.17) is 23.2 Å². The Morgan fingerprint density at radius 3 is 2.70 bits per heavy atom. The van der Waals surface area contributed by atoms with E-state index in [1.807, 2.05) is 31.2 Å². The molecule has 1 saturated carbocycles. The third-order valence-corrected chi connectivity index (χ3v) is 7.80. The zero-order valence-corrected chi connectivity index (χ0v) is 19.6. The zero-order chi connectivity index (χ0) is 21.1. The largest absolute Gasteiger partial charge is 0.368 e. The van der Waals surface area contributed by atoms with Crippen LogP contribution in [0.25, 0.3) is 0 Å². The number of benzene rings is 1.